The summed E-state index contributed by atoms with van der Waals surface area (Å²) in [5, 5.41) is 0. The van der Waals surface area contributed by atoms with Gasteiger partial charge in [-0.3, -0.25) is 0 Å². The van der Waals surface area contributed by atoms with Crippen molar-refractivity contribution in [2.24, 2.45) is 0 Å². The normalized spacial score (nSPS) is 18.9. The molecule has 0 atom stereocenters. The van der Waals surface area contributed by atoms with Gasteiger partial charge in [-0.15, -0.1) is 0 Å². The Morgan fingerprint density at radius 1 is 1.33 bits per heavy atom. The van der Waals surface area contributed by atoms with Crippen LogP contribution >= 0.6 is 0 Å². The molecule has 0 radical (unpaired) electrons. The van der Waals surface area contributed by atoms with E-state index >= 15 is 0 Å². The van der Waals surface area contributed by atoms with Crippen LogP contribution in [-0.4, -0.2) is 8.07 Å². The summed E-state index contributed by atoms with van der Waals surface area (Å²) in [7, 11) is -0.882. The quantitative estimate of drug-likeness (QED) is 0.455. The van der Waals surface area contributed by atoms with Gasteiger partial charge in [-0.1, -0.05) is 42.9 Å². The van der Waals surface area contributed by atoms with Crippen molar-refractivity contribution in [2.45, 2.75) is 64.7 Å². The maximum Gasteiger partial charge on any atom is 0.0480 e. The highest BCUT2D eigenvalue weighted by Crippen LogP contribution is 2.24. The van der Waals surface area contributed by atoms with Gasteiger partial charge in [-0.2, -0.15) is 0 Å². The third-order valence-corrected chi connectivity index (χ3v) is 4.38. The summed E-state index contributed by atoms with van der Waals surface area (Å²) in [4.78, 5) is 0. The van der Waals surface area contributed by atoms with Gasteiger partial charge in [-0.05, 0) is 45.1 Å². The Hall–Kier alpha value is -0.303. The number of hydrogen-bond donors (Lipinski definition) is 0. The van der Waals surface area contributed by atoms with Crippen molar-refractivity contribution in [2.75, 3.05) is 0 Å². The average molecular weight is 222 g/mol. The van der Waals surface area contributed by atoms with E-state index in [0.29, 0.717) is 0 Å². The van der Waals surface area contributed by atoms with E-state index in [4.69, 9.17) is 0 Å². The molecule has 0 aliphatic heterocycles. The van der Waals surface area contributed by atoms with E-state index in [2.05, 4.69) is 38.7 Å². The summed E-state index contributed by atoms with van der Waals surface area (Å²) in [6, 6.07) is 1.34. The standard InChI is InChI=1S/C14H26Si/c1-13(10-11-15(2,3)4)12-14-8-6-5-7-9-14/h8,10H,5-7,9,11-12H2,1-4H3/b13-10-. The fourth-order valence-electron chi connectivity index (χ4n) is 1.98. The second-order valence-electron chi connectivity index (χ2n) is 6.10. The van der Waals surface area contributed by atoms with Gasteiger partial charge < -0.3 is 0 Å². The molecule has 0 saturated heterocycles. The first-order chi connectivity index (χ1) is 6.97. The highest BCUT2D eigenvalue weighted by atomic mass is 28.3. The molecule has 0 unspecified atom stereocenters. The molecule has 86 valence electrons. The molecule has 0 fully saturated rings. The van der Waals surface area contributed by atoms with Crippen LogP contribution in [0.3, 0.4) is 0 Å². The van der Waals surface area contributed by atoms with Crippen molar-refractivity contribution in [1.29, 1.82) is 0 Å². The van der Waals surface area contributed by atoms with E-state index in [1.54, 1.807) is 11.1 Å². The van der Waals surface area contributed by atoms with Crippen LogP contribution in [0.4, 0.5) is 0 Å². The molecule has 0 aromatic heterocycles. The van der Waals surface area contributed by atoms with E-state index < -0.39 is 8.07 Å². The Morgan fingerprint density at radius 2 is 2.07 bits per heavy atom. The van der Waals surface area contributed by atoms with Crippen molar-refractivity contribution in [3.05, 3.63) is 23.3 Å². The molecule has 1 aliphatic carbocycles. The van der Waals surface area contributed by atoms with Gasteiger partial charge in [-0.25, -0.2) is 0 Å². The van der Waals surface area contributed by atoms with E-state index in [0.717, 1.165) is 0 Å². The van der Waals surface area contributed by atoms with Crippen molar-refractivity contribution >= 4 is 8.07 Å². The smallest absolute Gasteiger partial charge is 0.0480 e. The van der Waals surface area contributed by atoms with Crippen LogP contribution in [0.1, 0.15) is 39.0 Å². The van der Waals surface area contributed by atoms with E-state index in [9.17, 15) is 0 Å². The molecule has 0 bridgehead atoms. The summed E-state index contributed by atoms with van der Waals surface area (Å²) < 4.78 is 0. The highest BCUT2D eigenvalue weighted by molar-refractivity contribution is 6.76. The minimum Gasteiger partial charge on any atom is -0.0880 e. The number of hydrogen-bond acceptors (Lipinski definition) is 0. The van der Waals surface area contributed by atoms with Crippen LogP contribution in [0.2, 0.25) is 25.7 Å². The van der Waals surface area contributed by atoms with Crippen LogP contribution in [0, 0.1) is 0 Å². The highest BCUT2D eigenvalue weighted by Gasteiger charge is 2.11. The first-order valence-electron chi connectivity index (χ1n) is 6.31. The molecule has 1 aliphatic rings. The fourth-order valence-corrected chi connectivity index (χ4v) is 2.94. The van der Waals surface area contributed by atoms with Crippen molar-refractivity contribution in [1.82, 2.24) is 0 Å². The molecule has 0 amide bonds. The molecule has 15 heavy (non-hydrogen) atoms. The molecular weight excluding hydrogens is 196 g/mol. The Balaban J connectivity index is 2.40. The Kier molecular flexibility index (Phi) is 4.84. The zero-order valence-electron chi connectivity index (χ0n) is 10.9. The van der Waals surface area contributed by atoms with Gasteiger partial charge in [0, 0.05) is 8.07 Å². The first-order valence-corrected chi connectivity index (χ1v) is 10.0. The van der Waals surface area contributed by atoms with Crippen LogP contribution in [0.5, 0.6) is 0 Å². The van der Waals surface area contributed by atoms with E-state index in [1.165, 1.54) is 38.1 Å². The molecule has 0 spiro atoms. The summed E-state index contributed by atoms with van der Waals surface area (Å²) in [6.07, 6.45) is 11.7. The molecule has 0 N–H and O–H groups in total. The van der Waals surface area contributed by atoms with Crippen LogP contribution in [0.25, 0.3) is 0 Å². The molecule has 0 saturated carbocycles. The van der Waals surface area contributed by atoms with Gasteiger partial charge in [0.25, 0.3) is 0 Å². The van der Waals surface area contributed by atoms with Gasteiger partial charge >= 0.3 is 0 Å². The van der Waals surface area contributed by atoms with Crippen molar-refractivity contribution in [3.63, 3.8) is 0 Å². The Labute approximate surface area is 96.5 Å². The lowest BCUT2D eigenvalue weighted by Crippen LogP contribution is -2.17. The zero-order chi connectivity index (χ0) is 11.3. The summed E-state index contributed by atoms with van der Waals surface area (Å²) >= 11 is 0. The molecule has 0 aromatic rings. The fraction of sp³-hybridized carbons (Fsp3) is 0.714. The average Bonchev–Trinajstić information content (AvgIpc) is 2.15. The molecule has 1 heteroatoms. The molecular formula is C14H26Si. The summed E-state index contributed by atoms with van der Waals surface area (Å²) in [5.41, 5.74) is 3.27. The third kappa shape index (κ3) is 5.98. The topological polar surface area (TPSA) is 0 Å². The number of rotatable bonds is 4. The zero-order valence-corrected chi connectivity index (χ0v) is 11.9. The van der Waals surface area contributed by atoms with Gasteiger partial charge in [0.05, 0.1) is 0 Å². The van der Waals surface area contributed by atoms with Gasteiger partial charge in [0.2, 0.25) is 0 Å². The maximum absolute atomic E-state index is 2.49. The minimum atomic E-state index is -0.882. The lowest BCUT2D eigenvalue weighted by Gasteiger charge is -2.15. The lowest BCUT2D eigenvalue weighted by atomic mass is 9.94. The summed E-state index contributed by atoms with van der Waals surface area (Å²) in [5.74, 6) is 0. The first kappa shape index (κ1) is 12.8. The van der Waals surface area contributed by atoms with Crippen LogP contribution < -0.4 is 0 Å². The second kappa shape index (κ2) is 5.69. The molecule has 0 heterocycles. The predicted molar refractivity (Wildman–Crippen MR) is 73.1 cm³/mol. The summed E-state index contributed by atoms with van der Waals surface area (Å²) in [6.45, 7) is 9.62. The SMILES string of the molecule is C/C(=C/C[Si](C)(C)C)CC1=CCCCC1. The minimum absolute atomic E-state index is 0.882. The van der Waals surface area contributed by atoms with Gasteiger partial charge in [0.1, 0.15) is 0 Å². The number of allylic oxidation sites excluding steroid dienone is 4. The predicted octanol–water partition coefficient (Wildman–Crippen LogP) is 5.16. The van der Waals surface area contributed by atoms with E-state index in [-0.39, 0.29) is 0 Å². The third-order valence-electron chi connectivity index (χ3n) is 2.95. The lowest BCUT2D eigenvalue weighted by molar-refractivity contribution is 0.687. The molecule has 0 aromatic carbocycles. The second-order valence-corrected chi connectivity index (χ2v) is 11.6. The van der Waals surface area contributed by atoms with Crippen LogP contribution in [-0.2, 0) is 0 Å². The van der Waals surface area contributed by atoms with Crippen LogP contribution in [0.15, 0.2) is 23.3 Å². The Morgan fingerprint density at radius 3 is 2.60 bits per heavy atom. The largest absolute Gasteiger partial charge is 0.0880 e. The van der Waals surface area contributed by atoms with E-state index in [1.807, 2.05) is 0 Å². The Bertz CT molecular complexity index is 253. The van der Waals surface area contributed by atoms with Crippen molar-refractivity contribution < 1.29 is 0 Å². The monoisotopic (exact) mass is 222 g/mol. The molecule has 1 rings (SSSR count). The van der Waals surface area contributed by atoms with Gasteiger partial charge in [0.15, 0.2) is 0 Å². The maximum atomic E-state index is 2.49. The van der Waals surface area contributed by atoms with Crippen molar-refractivity contribution in [3.8, 4) is 0 Å². The molecule has 0 nitrogen and oxygen atoms in total.